The summed E-state index contributed by atoms with van der Waals surface area (Å²) >= 11 is 4.12. The zero-order valence-electron chi connectivity index (χ0n) is 10.1. The molecule has 0 aliphatic carbocycles. The minimum atomic E-state index is -0.441. The van der Waals surface area contributed by atoms with Gasteiger partial charge in [-0.1, -0.05) is 18.7 Å². The predicted molar refractivity (Wildman–Crippen MR) is 75.1 cm³/mol. The van der Waals surface area contributed by atoms with Gasteiger partial charge in [-0.2, -0.15) is 17.7 Å². The van der Waals surface area contributed by atoms with E-state index >= 15 is 0 Å². The molecule has 0 aliphatic rings. The Morgan fingerprint density at radius 3 is 3.00 bits per heavy atom. The van der Waals surface area contributed by atoms with Gasteiger partial charge >= 0.3 is 0 Å². The maximum Gasteiger partial charge on any atom is 0.270 e. The first kappa shape index (κ1) is 13.3. The second-order valence-electron chi connectivity index (χ2n) is 3.98. The Morgan fingerprint density at radius 1 is 1.53 bits per heavy atom. The van der Waals surface area contributed by atoms with Gasteiger partial charge in [0.05, 0.1) is 11.5 Å². The lowest BCUT2D eigenvalue weighted by Gasteiger charge is -2.00. The van der Waals surface area contributed by atoms with Crippen molar-refractivity contribution in [2.45, 2.75) is 6.54 Å². The number of nitrogens with zero attached hydrogens (tertiary/aromatic N) is 4. The van der Waals surface area contributed by atoms with E-state index < -0.39 is 4.92 Å². The van der Waals surface area contributed by atoms with Gasteiger partial charge in [0, 0.05) is 23.4 Å². The summed E-state index contributed by atoms with van der Waals surface area (Å²) in [5.41, 5.74) is 1.55. The van der Waals surface area contributed by atoms with Crippen LogP contribution in [-0.4, -0.2) is 25.4 Å². The van der Waals surface area contributed by atoms with Crippen molar-refractivity contribution in [1.82, 2.24) is 14.8 Å². The summed E-state index contributed by atoms with van der Waals surface area (Å²) < 4.78 is 1.63. The summed E-state index contributed by atoms with van der Waals surface area (Å²) in [5.74, 6) is 1.03. The van der Waals surface area contributed by atoms with Crippen LogP contribution in [0, 0.1) is 10.1 Å². The molecule has 0 atom stereocenters. The molecule has 0 N–H and O–H groups in total. The van der Waals surface area contributed by atoms with E-state index in [9.17, 15) is 10.1 Å². The molecule has 1 aromatic carbocycles. The molecule has 0 radical (unpaired) electrons. The molecule has 6 nitrogen and oxygen atoms in total. The molecule has 0 spiro atoms. The first-order chi connectivity index (χ1) is 9.10. The Balaban J connectivity index is 2.25. The van der Waals surface area contributed by atoms with Crippen molar-refractivity contribution in [3.05, 3.63) is 52.9 Å². The van der Waals surface area contributed by atoms with Crippen LogP contribution in [-0.2, 0) is 6.54 Å². The van der Waals surface area contributed by atoms with E-state index in [0.29, 0.717) is 23.7 Å². The fourth-order valence-electron chi connectivity index (χ4n) is 1.54. The number of non-ortho nitro benzene ring substituents is 1. The normalized spacial score (nSPS) is 10.4. The van der Waals surface area contributed by atoms with Crippen LogP contribution in [0.25, 0.3) is 11.4 Å². The third kappa shape index (κ3) is 3.19. The Kier molecular flexibility index (Phi) is 3.96. The van der Waals surface area contributed by atoms with E-state index in [1.165, 1.54) is 12.1 Å². The van der Waals surface area contributed by atoms with E-state index in [1.807, 2.05) is 0 Å². The predicted octanol–water partition coefficient (Wildman–Crippen LogP) is 2.34. The highest BCUT2D eigenvalue weighted by Crippen LogP contribution is 2.20. The van der Waals surface area contributed by atoms with Crippen molar-refractivity contribution in [3.8, 4) is 11.4 Å². The smallest absolute Gasteiger partial charge is 0.258 e. The second kappa shape index (κ2) is 5.66. The maximum absolute atomic E-state index is 10.7. The molecule has 19 heavy (non-hydrogen) atoms. The highest BCUT2D eigenvalue weighted by molar-refractivity contribution is 7.80. The molecule has 2 rings (SSSR count). The van der Waals surface area contributed by atoms with Crippen LogP contribution >= 0.6 is 12.6 Å². The Labute approximate surface area is 115 Å². The summed E-state index contributed by atoms with van der Waals surface area (Å²) in [6, 6.07) is 6.23. The number of aromatic nitrogens is 3. The molecule has 1 heterocycles. The fraction of sp³-hybridized carbons (Fsp3) is 0.167. The van der Waals surface area contributed by atoms with Gasteiger partial charge in [-0.25, -0.2) is 9.67 Å². The highest BCUT2D eigenvalue weighted by Gasteiger charge is 2.10. The summed E-state index contributed by atoms with van der Waals surface area (Å²) in [7, 11) is 0. The largest absolute Gasteiger partial charge is 0.270 e. The van der Waals surface area contributed by atoms with Crippen molar-refractivity contribution in [2.75, 3.05) is 5.75 Å². The van der Waals surface area contributed by atoms with Gasteiger partial charge in [0.2, 0.25) is 0 Å². The Morgan fingerprint density at radius 2 is 2.32 bits per heavy atom. The first-order valence-corrected chi connectivity index (χ1v) is 6.15. The molecule has 98 valence electrons. The molecule has 0 saturated heterocycles. The monoisotopic (exact) mass is 276 g/mol. The molecule has 0 amide bonds. The molecule has 0 fully saturated rings. The summed E-state index contributed by atoms with van der Waals surface area (Å²) in [5, 5.41) is 15.0. The van der Waals surface area contributed by atoms with E-state index in [1.54, 1.807) is 23.1 Å². The van der Waals surface area contributed by atoms with Gasteiger partial charge in [0.1, 0.15) is 6.33 Å². The minimum absolute atomic E-state index is 0.0219. The Hall–Kier alpha value is -2.15. The van der Waals surface area contributed by atoms with Crippen LogP contribution in [0.3, 0.4) is 0 Å². The lowest BCUT2D eigenvalue weighted by Crippen LogP contribution is -2.02. The number of rotatable bonds is 5. The molecule has 1 aromatic heterocycles. The van der Waals surface area contributed by atoms with Crippen molar-refractivity contribution in [2.24, 2.45) is 0 Å². The van der Waals surface area contributed by atoms with Crippen LogP contribution < -0.4 is 0 Å². The van der Waals surface area contributed by atoms with E-state index in [-0.39, 0.29) is 5.69 Å². The molecule has 2 aromatic rings. The van der Waals surface area contributed by atoms with E-state index in [4.69, 9.17) is 0 Å². The van der Waals surface area contributed by atoms with Crippen molar-refractivity contribution in [1.29, 1.82) is 0 Å². The first-order valence-electron chi connectivity index (χ1n) is 5.52. The van der Waals surface area contributed by atoms with Crippen LogP contribution in [0.4, 0.5) is 5.69 Å². The zero-order chi connectivity index (χ0) is 13.8. The average Bonchev–Trinajstić information content (AvgIpc) is 2.87. The molecule has 7 heteroatoms. The molecular weight excluding hydrogens is 264 g/mol. The van der Waals surface area contributed by atoms with Gasteiger partial charge in [-0.05, 0) is 5.57 Å². The average molecular weight is 276 g/mol. The molecular formula is C12H12N4O2S. The molecule has 0 saturated carbocycles. The van der Waals surface area contributed by atoms with Crippen molar-refractivity contribution in [3.63, 3.8) is 0 Å². The van der Waals surface area contributed by atoms with Gasteiger partial charge in [0.25, 0.3) is 5.69 Å². The quantitative estimate of drug-likeness (QED) is 0.394. The van der Waals surface area contributed by atoms with Crippen LogP contribution in [0.1, 0.15) is 0 Å². The van der Waals surface area contributed by atoms with E-state index in [2.05, 4.69) is 29.3 Å². The van der Waals surface area contributed by atoms with Crippen molar-refractivity contribution >= 4 is 18.3 Å². The van der Waals surface area contributed by atoms with Crippen molar-refractivity contribution < 1.29 is 4.92 Å². The zero-order valence-corrected chi connectivity index (χ0v) is 11.0. The highest BCUT2D eigenvalue weighted by atomic mass is 32.1. The second-order valence-corrected chi connectivity index (χ2v) is 4.30. The lowest BCUT2D eigenvalue weighted by molar-refractivity contribution is -0.384. The summed E-state index contributed by atoms with van der Waals surface area (Å²) in [4.78, 5) is 14.4. The summed E-state index contributed by atoms with van der Waals surface area (Å²) in [6.07, 6.45) is 1.57. The minimum Gasteiger partial charge on any atom is -0.258 e. The van der Waals surface area contributed by atoms with Crippen LogP contribution in [0.2, 0.25) is 0 Å². The number of nitro benzene ring substituents is 1. The number of thiol groups is 1. The number of benzene rings is 1. The van der Waals surface area contributed by atoms with Crippen LogP contribution in [0.15, 0.2) is 42.7 Å². The Bertz CT molecular complexity index is 624. The number of hydrogen-bond donors (Lipinski definition) is 1. The SMILES string of the molecule is C=C(CS)Cn1cnc(-c2cccc([N+](=O)[O-])c2)n1. The molecule has 0 bridgehead atoms. The van der Waals surface area contributed by atoms with E-state index in [0.717, 1.165) is 5.57 Å². The summed E-state index contributed by atoms with van der Waals surface area (Å²) in [6.45, 7) is 4.37. The molecule has 0 aliphatic heterocycles. The third-order valence-corrected chi connectivity index (χ3v) is 2.91. The topological polar surface area (TPSA) is 73.8 Å². The van der Waals surface area contributed by atoms with Gasteiger partial charge in [-0.3, -0.25) is 10.1 Å². The number of hydrogen-bond acceptors (Lipinski definition) is 5. The van der Waals surface area contributed by atoms with Gasteiger partial charge in [-0.15, -0.1) is 0 Å². The lowest BCUT2D eigenvalue weighted by atomic mass is 10.2. The molecule has 0 unspecified atom stereocenters. The van der Waals surface area contributed by atoms with Gasteiger partial charge in [0.15, 0.2) is 5.82 Å². The van der Waals surface area contributed by atoms with Crippen LogP contribution in [0.5, 0.6) is 0 Å². The van der Waals surface area contributed by atoms with Gasteiger partial charge < -0.3 is 0 Å². The standard InChI is InChI=1S/C12H12N4O2S/c1-9(7-19)6-15-8-13-12(14-15)10-3-2-4-11(5-10)16(17)18/h2-5,8,19H,1,6-7H2. The number of nitro groups is 1. The maximum atomic E-state index is 10.7. The fourth-order valence-corrected chi connectivity index (χ4v) is 1.64. The third-order valence-electron chi connectivity index (χ3n) is 2.46.